The molecule has 15 heavy (non-hydrogen) atoms. The lowest BCUT2D eigenvalue weighted by Gasteiger charge is -2.08. The molecule has 80 valence electrons. The van der Waals surface area contributed by atoms with Crippen LogP contribution in [0.1, 0.15) is 5.56 Å². The Kier molecular flexibility index (Phi) is 2.04. The first-order valence-electron chi connectivity index (χ1n) is 3.89. The Morgan fingerprint density at radius 3 is 2.67 bits per heavy atom. The molecule has 0 fully saturated rings. The topological polar surface area (TPSA) is 43.3 Å². The molecular weight excluding hydrogens is 231 g/mol. The van der Waals surface area contributed by atoms with Crippen molar-refractivity contribution in [2.75, 3.05) is 5.73 Å². The molecule has 0 atom stereocenters. The Labute approximate surface area is 87.3 Å². The maximum Gasteiger partial charge on any atom is 0.417 e. The molecule has 3 nitrogen and oxygen atoms in total. The number of nitrogens with zero attached hydrogens (tertiary/aromatic N) is 2. The largest absolute Gasteiger partial charge is 0.417 e. The van der Waals surface area contributed by atoms with Crippen LogP contribution in [0.2, 0.25) is 5.02 Å². The minimum atomic E-state index is -4.45. The summed E-state index contributed by atoms with van der Waals surface area (Å²) in [7, 11) is 0. The monoisotopic (exact) mass is 235 g/mol. The lowest BCUT2D eigenvalue weighted by atomic mass is 10.3. The van der Waals surface area contributed by atoms with Gasteiger partial charge in [-0.1, -0.05) is 11.6 Å². The average Bonchev–Trinajstić information content (AvgIpc) is 2.47. The Morgan fingerprint density at radius 2 is 2.07 bits per heavy atom. The van der Waals surface area contributed by atoms with Crippen LogP contribution in [0, 0.1) is 0 Å². The summed E-state index contributed by atoms with van der Waals surface area (Å²) in [5.41, 5.74) is 4.79. The van der Waals surface area contributed by atoms with Crippen LogP contribution in [0.15, 0.2) is 18.5 Å². The Morgan fingerprint density at radius 1 is 1.40 bits per heavy atom. The smallest absolute Gasteiger partial charge is 0.383 e. The van der Waals surface area contributed by atoms with Gasteiger partial charge in [0.25, 0.3) is 0 Å². The summed E-state index contributed by atoms with van der Waals surface area (Å²) in [4.78, 5) is 3.78. The molecule has 0 aliphatic heterocycles. The van der Waals surface area contributed by atoms with Crippen molar-refractivity contribution in [3.8, 4) is 0 Å². The van der Waals surface area contributed by atoms with Gasteiger partial charge in [-0.15, -0.1) is 0 Å². The molecule has 7 heteroatoms. The lowest BCUT2D eigenvalue weighted by Crippen LogP contribution is -2.07. The standard InChI is InChI=1S/C8H5ClF3N3/c9-5-1-4(8(10,11)12)3-15-6(13)2-14-7(5)15/h1-3H,13H2. The van der Waals surface area contributed by atoms with E-state index < -0.39 is 11.7 Å². The molecule has 2 aromatic rings. The first kappa shape index (κ1) is 10.1. The number of imidazole rings is 1. The number of aromatic nitrogens is 2. The van der Waals surface area contributed by atoms with Gasteiger partial charge in [0.1, 0.15) is 5.82 Å². The maximum absolute atomic E-state index is 12.4. The quantitative estimate of drug-likeness (QED) is 0.763. The highest BCUT2D eigenvalue weighted by Gasteiger charge is 2.31. The zero-order chi connectivity index (χ0) is 11.2. The van der Waals surface area contributed by atoms with Crippen LogP contribution in [0.4, 0.5) is 19.0 Å². The molecule has 0 spiro atoms. The van der Waals surface area contributed by atoms with Crippen LogP contribution in [0.5, 0.6) is 0 Å². The summed E-state index contributed by atoms with van der Waals surface area (Å²) in [6, 6.07) is 0.823. The molecule has 0 unspecified atom stereocenters. The molecule has 2 N–H and O–H groups in total. The van der Waals surface area contributed by atoms with Crippen LogP contribution in [0.3, 0.4) is 0 Å². The van der Waals surface area contributed by atoms with E-state index in [0.717, 1.165) is 16.7 Å². The summed E-state index contributed by atoms with van der Waals surface area (Å²) in [6.45, 7) is 0. The van der Waals surface area contributed by atoms with Crippen LogP contribution in [-0.4, -0.2) is 9.38 Å². The number of pyridine rings is 1. The van der Waals surface area contributed by atoms with Gasteiger partial charge >= 0.3 is 6.18 Å². The van der Waals surface area contributed by atoms with Crippen molar-refractivity contribution in [3.63, 3.8) is 0 Å². The van der Waals surface area contributed by atoms with E-state index in [-0.39, 0.29) is 16.5 Å². The maximum atomic E-state index is 12.4. The fraction of sp³-hybridized carbons (Fsp3) is 0.125. The zero-order valence-electron chi connectivity index (χ0n) is 7.22. The molecule has 2 aromatic heterocycles. The van der Waals surface area contributed by atoms with E-state index in [1.54, 1.807) is 0 Å². The van der Waals surface area contributed by atoms with Crippen LogP contribution < -0.4 is 5.73 Å². The molecule has 0 aromatic carbocycles. The predicted molar refractivity (Wildman–Crippen MR) is 49.6 cm³/mol. The van der Waals surface area contributed by atoms with E-state index in [9.17, 15) is 13.2 Å². The predicted octanol–water partition coefficient (Wildman–Crippen LogP) is 2.59. The van der Waals surface area contributed by atoms with E-state index >= 15 is 0 Å². The van der Waals surface area contributed by atoms with Gasteiger partial charge in [-0.2, -0.15) is 13.2 Å². The number of hydrogen-bond acceptors (Lipinski definition) is 2. The van der Waals surface area contributed by atoms with Gasteiger partial charge in [0.2, 0.25) is 0 Å². The van der Waals surface area contributed by atoms with Crippen molar-refractivity contribution in [1.82, 2.24) is 9.38 Å². The summed E-state index contributed by atoms with van der Waals surface area (Å²) in [5.74, 6) is 0.109. The number of alkyl halides is 3. The minimum absolute atomic E-state index is 0.0819. The fourth-order valence-corrected chi connectivity index (χ4v) is 1.48. The van der Waals surface area contributed by atoms with Gasteiger partial charge in [-0.25, -0.2) is 4.98 Å². The molecule has 2 rings (SSSR count). The van der Waals surface area contributed by atoms with Crippen molar-refractivity contribution in [3.05, 3.63) is 29.0 Å². The van der Waals surface area contributed by atoms with E-state index in [0.29, 0.717) is 0 Å². The summed E-state index contributed by atoms with van der Waals surface area (Å²) >= 11 is 5.64. The number of nitrogen functional groups attached to an aromatic ring is 1. The molecule has 0 bridgehead atoms. The number of rotatable bonds is 0. The number of nitrogens with two attached hydrogens (primary N) is 1. The molecule has 0 amide bonds. The second kappa shape index (κ2) is 3.03. The molecule has 0 saturated carbocycles. The van der Waals surface area contributed by atoms with E-state index in [4.69, 9.17) is 17.3 Å². The highest BCUT2D eigenvalue weighted by molar-refractivity contribution is 6.33. The van der Waals surface area contributed by atoms with Crippen molar-refractivity contribution >= 4 is 23.1 Å². The molecule has 2 heterocycles. The Balaban J connectivity index is 2.76. The molecule has 0 aliphatic rings. The van der Waals surface area contributed by atoms with Crippen LogP contribution >= 0.6 is 11.6 Å². The van der Waals surface area contributed by atoms with Crippen molar-refractivity contribution in [1.29, 1.82) is 0 Å². The second-order valence-corrected chi connectivity index (χ2v) is 3.36. The van der Waals surface area contributed by atoms with Crippen molar-refractivity contribution in [2.24, 2.45) is 0 Å². The minimum Gasteiger partial charge on any atom is -0.383 e. The van der Waals surface area contributed by atoms with Gasteiger partial charge in [0.05, 0.1) is 16.8 Å². The van der Waals surface area contributed by atoms with Crippen LogP contribution in [0.25, 0.3) is 5.65 Å². The summed E-state index contributed by atoms with van der Waals surface area (Å²) in [5, 5.41) is -0.0819. The number of fused-ring (bicyclic) bond motifs is 1. The molecule has 0 aliphatic carbocycles. The third kappa shape index (κ3) is 1.61. The number of hydrogen-bond donors (Lipinski definition) is 1. The summed E-state index contributed by atoms with van der Waals surface area (Å²) in [6.07, 6.45) is -2.33. The van der Waals surface area contributed by atoms with E-state index in [2.05, 4.69) is 4.98 Å². The third-order valence-corrected chi connectivity index (χ3v) is 2.19. The third-order valence-electron chi connectivity index (χ3n) is 1.92. The number of anilines is 1. The first-order valence-corrected chi connectivity index (χ1v) is 4.26. The normalized spacial score (nSPS) is 12.3. The number of halogens is 4. The SMILES string of the molecule is Nc1cnc2c(Cl)cc(C(F)(F)F)cn12. The van der Waals surface area contributed by atoms with Gasteiger partial charge < -0.3 is 5.73 Å². The fourth-order valence-electron chi connectivity index (χ4n) is 1.22. The molecule has 0 radical (unpaired) electrons. The van der Waals surface area contributed by atoms with E-state index in [1.807, 2.05) is 0 Å². The molecule has 0 saturated heterocycles. The zero-order valence-corrected chi connectivity index (χ0v) is 7.97. The van der Waals surface area contributed by atoms with Gasteiger partial charge in [-0.3, -0.25) is 4.40 Å². The highest BCUT2D eigenvalue weighted by atomic mass is 35.5. The second-order valence-electron chi connectivity index (χ2n) is 2.95. The molecular formula is C8H5ClF3N3. The lowest BCUT2D eigenvalue weighted by molar-refractivity contribution is -0.137. The van der Waals surface area contributed by atoms with Gasteiger partial charge in [0, 0.05) is 6.20 Å². The highest BCUT2D eigenvalue weighted by Crippen LogP contribution is 2.32. The van der Waals surface area contributed by atoms with Crippen molar-refractivity contribution in [2.45, 2.75) is 6.18 Å². The average molecular weight is 236 g/mol. The Bertz CT molecular complexity index is 518. The van der Waals surface area contributed by atoms with Gasteiger partial charge in [-0.05, 0) is 6.07 Å². The Hall–Kier alpha value is -1.43. The van der Waals surface area contributed by atoms with Gasteiger partial charge in [0.15, 0.2) is 5.65 Å². The van der Waals surface area contributed by atoms with Crippen LogP contribution in [-0.2, 0) is 6.18 Å². The van der Waals surface area contributed by atoms with E-state index in [1.165, 1.54) is 6.20 Å². The summed E-state index contributed by atoms with van der Waals surface area (Å²) < 4.78 is 38.3. The first-order chi connectivity index (χ1) is 6.89. The van der Waals surface area contributed by atoms with Crippen molar-refractivity contribution < 1.29 is 13.2 Å².